The monoisotopic (exact) mass is 312 g/mol. The van der Waals surface area contributed by atoms with Gasteiger partial charge in [-0.2, -0.15) is 13.2 Å². The number of carbonyl (C=O) groups is 1. The van der Waals surface area contributed by atoms with E-state index in [4.69, 9.17) is 0 Å². The molecular weight excluding hydrogens is 293 g/mol. The fraction of sp³-hybridized carbons (Fsp3) is 0.562. The van der Waals surface area contributed by atoms with Crippen LogP contribution in [0, 0.1) is 5.41 Å². The second-order valence-electron chi connectivity index (χ2n) is 6.11. The number of rotatable bonds is 1. The molecule has 1 amide bonds. The van der Waals surface area contributed by atoms with Gasteiger partial charge in [-0.1, -0.05) is 12.1 Å². The molecule has 2 aliphatic rings. The van der Waals surface area contributed by atoms with Crippen LogP contribution in [0.5, 0.6) is 0 Å². The number of hydrogen-bond acceptors (Lipinski definition) is 2. The van der Waals surface area contributed by atoms with Crippen LogP contribution in [0.3, 0.4) is 0 Å². The van der Waals surface area contributed by atoms with Gasteiger partial charge >= 0.3 is 6.18 Å². The van der Waals surface area contributed by atoms with Crippen molar-refractivity contribution in [3.8, 4) is 0 Å². The summed E-state index contributed by atoms with van der Waals surface area (Å²) in [6, 6.07) is 5.37. The Hall–Kier alpha value is -1.56. The number of nitrogens with one attached hydrogen (secondary N) is 1. The van der Waals surface area contributed by atoms with E-state index in [2.05, 4.69) is 5.32 Å². The second-order valence-corrected chi connectivity index (χ2v) is 6.11. The van der Waals surface area contributed by atoms with E-state index in [1.54, 1.807) is 6.07 Å². The molecule has 2 aliphatic heterocycles. The zero-order valence-corrected chi connectivity index (χ0v) is 12.2. The van der Waals surface area contributed by atoms with E-state index < -0.39 is 17.2 Å². The Kier molecular flexibility index (Phi) is 3.89. The SMILES string of the molecule is O=C1N(c2ccccc2C(F)(F)F)CCCC12CCNCC2. The number of halogens is 3. The van der Waals surface area contributed by atoms with Crippen LogP contribution in [0.15, 0.2) is 24.3 Å². The lowest BCUT2D eigenvalue weighted by molar-refractivity contribution is -0.137. The van der Waals surface area contributed by atoms with Crippen molar-refractivity contribution < 1.29 is 18.0 Å². The lowest BCUT2D eigenvalue weighted by Crippen LogP contribution is -2.53. The lowest BCUT2D eigenvalue weighted by atomic mass is 9.72. The quantitative estimate of drug-likeness (QED) is 0.863. The number of hydrogen-bond donors (Lipinski definition) is 1. The van der Waals surface area contributed by atoms with Gasteiger partial charge in [-0.3, -0.25) is 4.79 Å². The van der Waals surface area contributed by atoms with Gasteiger partial charge in [0, 0.05) is 6.54 Å². The summed E-state index contributed by atoms with van der Waals surface area (Å²) in [5.41, 5.74) is -1.21. The number of anilines is 1. The normalized spacial score (nSPS) is 22.1. The maximum absolute atomic E-state index is 13.2. The maximum Gasteiger partial charge on any atom is 0.418 e. The Bertz CT molecular complexity index is 559. The summed E-state index contributed by atoms with van der Waals surface area (Å²) in [7, 11) is 0. The van der Waals surface area contributed by atoms with Crippen molar-refractivity contribution >= 4 is 11.6 Å². The summed E-state index contributed by atoms with van der Waals surface area (Å²) in [5, 5.41) is 3.22. The minimum absolute atomic E-state index is 0.00222. The van der Waals surface area contributed by atoms with Crippen LogP contribution in [-0.2, 0) is 11.0 Å². The van der Waals surface area contributed by atoms with Gasteiger partial charge in [0.1, 0.15) is 0 Å². The van der Waals surface area contributed by atoms with Crippen LogP contribution in [0.2, 0.25) is 0 Å². The van der Waals surface area contributed by atoms with Crippen LogP contribution in [0.4, 0.5) is 18.9 Å². The predicted molar refractivity (Wildman–Crippen MR) is 77.6 cm³/mol. The topological polar surface area (TPSA) is 32.3 Å². The zero-order chi connectivity index (χ0) is 15.8. The first-order valence-electron chi connectivity index (χ1n) is 7.63. The van der Waals surface area contributed by atoms with Gasteiger partial charge < -0.3 is 10.2 Å². The van der Waals surface area contributed by atoms with Gasteiger partial charge in [0.25, 0.3) is 0 Å². The van der Waals surface area contributed by atoms with Crippen molar-refractivity contribution in [1.29, 1.82) is 0 Å². The third-order valence-corrected chi connectivity index (χ3v) is 4.80. The molecule has 1 spiro atoms. The van der Waals surface area contributed by atoms with Crippen LogP contribution < -0.4 is 10.2 Å². The third kappa shape index (κ3) is 2.60. The summed E-state index contributed by atoms with van der Waals surface area (Å²) in [6.45, 7) is 1.86. The van der Waals surface area contributed by atoms with Gasteiger partial charge in [0.2, 0.25) is 5.91 Å². The lowest BCUT2D eigenvalue weighted by Gasteiger charge is -2.44. The number of amides is 1. The summed E-state index contributed by atoms with van der Waals surface area (Å²) < 4.78 is 39.6. The molecule has 0 saturated carbocycles. The minimum Gasteiger partial charge on any atom is -0.317 e. The maximum atomic E-state index is 13.2. The first kappa shape index (κ1) is 15.3. The molecule has 22 heavy (non-hydrogen) atoms. The van der Waals surface area contributed by atoms with Crippen LogP contribution in [0.1, 0.15) is 31.2 Å². The molecule has 0 radical (unpaired) electrons. The third-order valence-electron chi connectivity index (χ3n) is 4.80. The minimum atomic E-state index is -4.45. The van der Waals surface area contributed by atoms with Gasteiger partial charge in [-0.05, 0) is 50.9 Å². The molecule has 2 saturated heterocycles. The Morgan fingerprint density at radius 2 is 1.77 bits per heavy atom. The molecule has 3 rings (SSSR count). The van der Waals surface area contributed by atoms with Crippen molar-refractivity contribution in [2.45, 2.75) is 31.9 Å². The molecule has 0 unspecified atom stereocenters. The highest BCUT2D eigenvalue weighted by atomic mass is 19.4. The largest absolute Gasteiger partial charge is 0.418 e. The molecule has 3 nitrogen and oxygen atoms in total. The number of carbonyl (C=O) groups excluding carboxylic acids is 1. The average molecular weight is 312 g/mol. The van der Waals surface area contributed by atoms with E-state index in [1.165, 1.54) is 17.0 Å². The first-order valence-corrected chi connectivity index (χ1v) is 7.63. The zero-order valence-electron chi connectivity index (χ0n) is 12.2. The Morgan fingerprint density at radius 1 is 1.09 bits per heavy atom. The van der Waals surface area contributed by atoms with Gasteiger partial charge in [-0.25, -0.2) is 0 Å². The fourth-order valence-corrected chi connectivity index (χ4v) is 3.62. The smallest absolute Gasteiger partial charge is 0.317 e. The van der Waals surface area contributed by atoms with Crippen molar-refractivity contribution in [2.24, 2.45) is 5.41 Å². The number of alkyl halides is 3. The summed E-state index contributed by atoms with van der Waals surface area (Å²) in [5.74, 6) is -0.142. The standard InChI is InChI=1S/C16H19F3N2O/c17-16(18,19)12-4-1-2-5-13(12)21-11-3-6-15(14(21)22)7-9-20-10-8-15/h1-2,4-5,20H,3,6-11H2. The molecule has 0 aromatic heterocycles. The Labute approximate surface area is 127 Å². The van der Waals surface area contributed by atoms with Gasteiger partial charge in [0.15, 0.2) is 0 Å². The number of para-hydroxylation sites is 1. The summed E-state index contributed by atoms with van der Waals surface area (Å²) in [6.07, 6.45) is -1.52. The number of nitrogens with zero attached hydrogens (tertiary/aromatic N) is 1. The van der Waals surface area contributed by atoms with Crippen molar-refractivity contribution in [2.75, 3.05) is 24.5 Å². The van der Waals surface area contributed by atoms with E-state index in [0.717, 1.165) is 32.0 Å². The Morgan fingerprint density at radius 3 is 2.45 bits per heavy atom. The molecule has 120 valence electrons. The molecule has 2 heterocycles. The Balaban J connectivity index is 1.97. The first-order chi connectivity index (χ1) is 10.4. The van der Waals surface area contributed by atoms with Crippen molar-refractivity contribution in [3.63, 3.8) is 0 Å². The average Bonchev–Trinajstić information content (AvgIpc) is 2.50. The highest BCUT2D eigenvalue weighted by molar-refractivity contribution is 5.99. The van der Waals surface area contributed by atoms with E-state index in [1.807, 2.05) is 0 Å². The molecule has 1 N–H and O–H groups in total. The molecule has 0 bridgehead atoms. The van der Waals surface area contributed by atoms with Gasteiger partial charge in [-0.15, -0.1) is 0 Å². The predicted octanol–water partition coefficient (Wildman–Crippen LogP) is 3.20. The van der Waals surface area contributed by atoms with E-state index in [9.17, 15) is 18.0 Å². The highest BCUT2D eigenvalue weighted by Crippen LogP contribution is 2.43. The van der Waals surface area contributed by atoms with Gasteiger partial charge in [0.05, 0.1) is 16.7 Å². The molecule has 0 aliphatic carbocycles. The van der Waals surface area contributed by atoms with E-state index in [-0.39, 0.29) is 11.6 Å². The fourth-order valence-electron chi connectivity index (χ4n) is 3.62. The number of benzene rings is 1. The second kappa shape index (κ2) is 5.57. The molecule has 0 atom stereocenters. The summed E-state index contributed by atoms with van der Waals surface area (Å²) >= 11 is 0. The van der Waals surface area contributed by atoms with Crippen LogP contribution in [-0.4, -0.2) is 25.5 Å². The summed E-state index contributed by atoms with van der Waals surface area (Å²) in [4.78, 5) is 14.3. The van der Waals surface area contributed by atoms with E-state index in [0.29, 0.717) is 19.4 Å². The van der Waals surface area contributed by atoms with Crippen molar-refractivity contribution in [1.82, 2.24) is 5.32 Å². The highest BCUT2D eigenvalue weighted by Gasteiger charge is 2.46. The van der Waals surface area contributed by atoms with E-state index >= 15 is 0 Å². The van der Waals surface area contributed by atoms with Crippen LogP contribution >= 0.6 is 0 Å². The molecule has 6 heteroatoms. The number of piperidine rings is 2. The molecule has 2 fully saturated rings. The van der Waals surface area contributed by atoms with Crippen LogP contribution in [0.25, 0.3) is 0 Å². The molecule has 1 aromatic rings. The van der Waals surface area contributed by atoms with Crippen molar-refractivity contribution in [3.05, 3.63) is 29.8 Å². The molecule has 1 aromatic carbocycles. The molecular formula is C16H19F3N2O.